The number of benzene rings is 2. The van der Waals surface area contributed by atoms with Gasteiger partial charge in [0.1, 0.15) is 30.4 Å². The van der Waals surface area contributed by atoms with Crippen LogP contribution in [0.4, 0.5) is 4.79 Å². The van der Waals surface area contributed by atoms with Crippen molar-refractivity contribution >= 4 is 52.7 Å². The van der Waals surface area contributed by atoms with Crippen LogP contribution in [-0.2, 0) is 28.4 Å². The Kier molecular flexibility index (Phi) is 11.7. The molecule has 0 aromatic heterocycles. The first-order valence-electron chi connectivity index (χ1n) is 15.0. The first kappa shape index (κ1) is 34.1. The minimum absolute atomic E-state index is 0.0321. The number of rotatable bonds is 8. The molecule has 3 heterocycles. The van der Waals surface area contributed by atoms with Gasteiger partial charge in [-0.3, -0.25) is 0 Å². The highest BCUT2D eigenvalue weighted by atomic mass is 35.6. The maximum absolute atomic E-state index is 13.2. The van der Waals surface area contributed by atoms with E-state index in [-0.39, 0.29) is 18.6 Å². The number of alkyl halides is 3. The van der Waals surface area contributed by atoms with Crippen LogP contribution in [0.15, 0.2) is 65.6 Å². The Labute approximate surface area is 278 Å². The number of alkyl carbamates (subject to hydrolysis) is 1. The largest absolute Gasteiger partial charge is 0.445 e. The standard InChI is InChI=1S/C32H40Cl3NO7S/c1-5-23-19(3)18(2)20(4)28(40-23)43-27-25(36-31(37)39-17-32(33,34)35)30(44-22-14-10-7-11-15-22)41-24-16-38-29(42-26(24)27)21-12-8-6-9-13-21/h6-15,18-20,23-30H,5,16-17H2,1-4H3,(H,36,37)/t18-,19-,20?,23?,24?,25?,26-,27+,28-,29?,30-/m0/s1. The molecule has 1 N–H and O–H groups in total. The van der Waals surface area contributed by atoms with Crippen molar-refractivity contribution in [2.24, 2.45) is 17.8 Å². The summed E-state index contributed by atoms with van der Waals surface area (Å²) in [5.74, 6) is 0.791. The molecular formula is C32H40Cl3NO7S. The predicted octanol–water partition coefficient (Wildman–Crippen LogP) is 7.51. The van der Waals surface area contributed by atoms with Crippen LogP contribution in [0.5, 0.6) is 0 Å². The first-order chi connectivity index (χ1) is 21.0. The van der Waals surface area contributed by atoms with E-state index in [2.05, 4.69) is 33.0 Å². The number of hydrogen-bond acceptors (Lipinski definition) is 8. The number of nitrogens with one attached hydrogen (secondary N) is 1. The molecule has 0 spiro atoms. The van der Waals surface area contributed by atoms with Gasteiger partial charge in [-0.05, 0) is 30.4 Å². The molecule has 5 rings (SSSR count). The normalized spacial score (nSPS) is 35.8. The summed E-state index contributed by atoms with van der Waals surface area (Å²) in [6.07, 6.45) is -2.85. The smallest absolute Gasteiger partial charge is 0.407 e. The second-order valence-electron chi connectivity index (χ2n) is 11.6. The maximum atomic E-state index is 13.2. The Balaban J connectivity index is 1.48. The molecule has 44 heavy (non-hydrogen) atoms. The second-order valence-corrected chi connectivity index (χ2v) is 15.3. The van der Waals surface area contributed by atoms with Crippen molar-refractivity contribution in [3.63, 3.8) is 0 Å². The molecule has 1 amide bonds. The third-order valence-electron chi connectivity index (χ3n) is 8.73. The number of carbonyl (C=O) groups excluding carboxylic acids is 1. The predicted molar refractivity (Wildman–Crippen MR) is 171 cm³/mol. The molecule has 8 nitrogen and oxygen atoms in total. The quantitative estimate of drug-likeness (QED) is 0.286. The van der Waals surface area contributed by atoms with Crippen LogP contribution < -0.4 is 5.32 Å². The van der Waals surface area contributed by atoms with Crippen molar-refractivity contribution in [2.45, 2.75) is 91.3 Å². The lowest BCUT2D eigenvalue weighted by atomic mass is 9.78. The molecule has 2 aromatic carbocycles. The van der Waals surface area contributed by atoms with Crippen LogP contribution >= 0.6 is 46.6 Å². The van der Waals surface area contributed by atoms with E-state index in [0.29, 0.717) is 11.8 Å². The van der Waals surface area contributed by atoms with Crippen molar-refractivity contribution in [1.29, 1.82) is 0 Å². The summed E-state index contributed by atoms with van der Waals surface area (Å²) in [6, 6.07) is 18.8. The van der Waals surface area contributed by atoms with Gasteiger partial charge in [0, 0.05) is 16.4 Å². The molecule has 12 heteroatoms. The number of ether oxygens (including phenoxy) is 6. The van der Waals surface area contributed by atoms with Gasteiger partial charge < -0.3 is 33.7 Å². The topological polar surface area (TPSA) is 84.5 Å². The van der Waals surface area contributed by atoms with E-state index in [1.165, 1.54) is 11.8 Å². The molecule has 3 aliphatic rings. The van der Waals surface area contributed by atoms with Gasteiger partial charge in [-0.2, -0.15) is 0 Å². The van der Waals surface area contributed by atoms with Crippen LogP contribution in [0, 0.1) is 17.8 Å². The molecular weight excluding hydrogens is 649 g/mol. The SMILES string of the molecule is CCC1O[C@@H](O[C@@H]2C(NC(=O)OCC(Cl)(Cl)Cl)[C@H](Sc3ccccc3)OC3COC(c4ccccc4)O[C@@H]32)C(C)[C@@H](C)[C@@H]1C. The number of amides is 1. The zero-order chi connectivity index (χ0) is 31.4. The molecule has 2 aromatic rings. The van der Waals surface area contributed by atoms with Crippen LogP contribution in [0.25, 0.3) is 0 Å². The summed E-state index contributed by atoms with van der Waals surface area (Å²) in [4.78, 5) is 14.1. The van der Waals surface area contributed by atoms with E-state index in [4.69, 9.17) is 63.2 Å². The summed E-state index contributed by atoms with van der Waals surface area (Å²) in [5.41, 5.74) is 0.273. The molecule has 0 radical (unpaired) electrons. The highest BCUT2D eigenvalue weighted by Gasteiger charge is 2.53. The Morgan fingerprint density at radius 1 is 0.955 bits per heavy atom. The number of thioether (sulfide) groups is 1. The Hall–Kier alpha value is -1.27. The van der Waals surface area contributed by atoms with E-state index in [9.17, 15) is 4.79 Å². The average molecular weight is 689 g/mol. The van der Waals surface area contributed by atoms with Crippen molar-refractivity contribution in [2.75, 3.05) is 13.2 Å². The average Bonchev–Trinajstić information content (AvgIpc) is 3.02. The van der Waals surface area contributed by atoms with Gasteiger partial charge in [0.05, 0.1) is 18.8 Å². The minimum atomic E-state index is -1.76. The van der Waals surface area contributed by atoms with Crippen molar-refractivity contribution in [3.8, 4) is 0 Å². The summed E-state index contributed by atoms with van der Waals surface area (Å²) in [6.45, 7) is 8.56. The molecule has 11 atom stereocenters. The summed E-state index contributed by atoms with van der Waals surface area (Å²) >= 11 is 19.1. The summed E-state index contributed by atoms with van der Waals surface area (Å²) in [7, 11) is 0. The van der Waals surface area contributed by atoms with E-state index in [0.717, 1.165) is 16.9 Å². The maximum Gasteiger partial charge on any atom is 0.407 e. The summed E-state index contributed by atoms with van der Waals surface area (Å²) in [5, 5.41) is 2.96. The molecule has 242 valence electrons. The minimum Gasteiger partial charge on any atom is -0.445 e. The van der Waals surface area contributed by atoms with Crippen molar-refractivity contribution < 1.29 is 33.2 Å². The lowest BCUT2D eigenvalue weighted by Crippen LogP contribution is -2.67. The number of carbonyl (C=O) groups is 1. The lowest BCUT2D eigenvalue weighted by Gasteiger charge is -2.51. The second kappa shape index (κ2) is 15.1. The van der Waals surface area contributed by atoms with E-state index in [1.54, 1.807) is 0 Å². The van der Waals surface area contributed by atoms with Gasteiger partial charge in [-0.15, -0.1) is 0 Å². The highest BCUT2D eigenvalue weighted by Crippen LogP contribution is 2.43. The Morgan fingerprint density at radius 2 is 1.64 bits per heavy atom. The van der Waals surface area contributed by atoms with Gasteiger partial charge in [0.25, 0.3) is 0 Å². The van der Waals surface area contributed by atoms with Gasteiger partial charge in [-0.1, -0.05) is 123 Å². The Bertz CT molecular complexity index is 1210. The molecule has 0 saturated carbocycles. The fraction of sp³-hybridized carbons (Fsp3) is 0.594. The van der Waals surface area contributed by atoms with E-state index < -0.39 is 58.9 Å². The number of halogens is 3. The molecule has 0 bridgehead atoms. The fourth-order valence-corrected chi connectivity index (χ4v) is 7.30. The van der Waals surface area contributed by atoms with Crippen LogP contribution in [0.1, 0.15) is 46.0 Å². The zero-order valence-electron chi connectivity index (χ0n) is 25.1. The monoisotopic (exact) mass is 687 g/mol. The van der Waals surface area contributed by atoms with Crippen molar-refractivity contribution in [3.05, 3.63) is 66.2 Å². The highest BCUT2D eigenvalue weighted by molar-refractivity contribution is 7.99. The number of hydrogen-bond donors (Lipinski definition) is 1. The van der Waals surface area contributed by atoms with E-state index >= 15 is 0 Å². The molecule has 0 aliphatic carbocycles. The van der Waals surface area contributed by atoms with Gasteiger partial charge in [-0.25, -0.2) is 4.79 Å². The van der Waals surface area contributed by atoms with Gasteiger partial charge >= 0.3 is 6.09 Å². The zero-order valence-corrected chi connectivity index (χ0v) is 28.2. The Morgan fingerprint density at radius 3 is 2.30 bits per heavy atom. The van der Waals surface area contributed by atoms with Crippen molar-refractivity contribution in [1.82, 2.24) is 5.32 Å². The van der Waals surface area contributed by atoms with Gasteiger partial charge in [0.15, 0.2) is 12.6 Å². The lowest BCUT2D eigenvalue weighted by molar-refractivity contribution is -0.342. The molecule has 3 aliphatic heterocycles. The third kappa shape index (κ3) is 8.35. The van der Waals surface area contributed by atoms with Crippen LogP contribution in [0.2, 0.25) is 0 Å². The molecule has 3 saturated heterocycles. The third-order valence-corrected chi connectivity index (χ3v) is 10.2. The van der Waals surface area contributed by atoms with Crippen LogP contribution in [0.3, 0.4) is 0 Å². The van der Waals surface area contributed by atoms with Crippen LogP contribution in [-0.4, -0.2) is 65.3 Å². The first-order valence-corrected chi connectivity index (χ1v) is 17.1. The van der Waals surface area contributed by atoms with E-state index in [1.807, 2.05) is 60.7 Å². The fourth-order valence-electron chi connectivity index (χ4n) is 5.99. The number of fused-ring (bicyclic) bond motifs is 1. The molecule has 3 fully saturated rings. The summed E-state index contributed by atoms with van der Waals surface area (Å²) < 4.78 is 36.4. The molecule has 5 unspecified atom stereocenters. The van der Waals surface area contributed by atoms with Gasteiger partial charge in [0.2, 0.25) is 3.79 Å².